The van der Waals surface area contributed by atoms with E-state index in [1.165, 1.54) is 0 Å². The van der Waals surface area contributed by atoms with Crippen molar-refractivity contribution >= 4 is 17.4 Å². The first kappa shape index (κ1) is 16.3. The van der Waals surface area contributed by atoms with E-state index in [0.717, 1.165) is 30.3 Å². The number of nitrogens with zero attached hydrogens (tertiary/aromatic N) is 6. The third-order valence-electron chi connectivity index (χ3n) is 5.21. The van der Waals surface area contributed by atoms with Crippen molar-refractivity contribution < 1.29 is 9.53 Å². The highest BCUT2D eigenvalue weighted by atomic mass is 16.5. The van der Waals surface area contributed by atoms with Gasteiger partial charge in [-0.05, 0) is 18.1 Å². The number of carbonyl (C=O) groups excluding carboxylic acids is 1. The van der Waals surface area contributed by atoms with E-state index in [1.54, 1.807) is 4.52 Å². The lowest BCUT2D eigenvalue weighted by Gasteiger charge is -2.30. The Kier molecular flexibility index (Phi) is 4.29. The predicted molar refractivity (Wildman–Crippen MR) is 92.4 cm³/mol. The smallest absolute Gasteiger partial charge is 0.227 e. The maximum Gasteiger partial charge on any atom is 0.227 e. The van der Waals surface area contributed by atoms with E-state index in [-0.39, 0.29) is 11.8 Å². The van der Waals surface area contributed by atoms with Crippen molar-refractivity contribution in [2.24, 2.45) is 11.8 Å². The number of hydrogen-bond donors (Lipinski definition) is 0. The van der Waals surface area contributed by atoms with Crippen molar-refractivity contribution in [2.75, 3.05) is 44.3 Å². The number of hydrogen-bond acceptors (Lipinski definition) is 6. The van der Waals surface area contributed by atoms with Crippen LogP contribution in [0, 0.1) is 11.8 Å². The molecule has 0 spiro atoms. The highest BCUT2D eigenvalue weighted by Crippen LogP contribution is 2.28. The highest BCUT2D eigenvalue weighted by molar-refractivity contribution is 5.80. The van der Waals surface area contributed by atoms with Gasteiger partial charge in [-0.1, -0.05) is 13.8 Å². The molecule has 4 heterocycles. The summed E-state index contributed by atoms with van der Waals surface area (Å²) >= 11 is 0. The van der Waals surface area contributed by atoms with E-state index >= 15 is 0 Å². The average Bonchev–Trinajstić information content (AvgIpc) is 3.24. The topological polar surface area (TPSA) is 75.9 Å². The maximum atomic E-state index is 12.9. The summed E-state index contributed by atoms with van der Waals surface area (Å²) in [5.41, 5.74) is 0.758. The summed E-state index contributed by atoms with van der Waals surface area (Å²) in [7, 11) is 0. The molecule has 0 unspecified atom stereocenters. The molecule has 0 radical (unpaired) electrons. The molecule has 0 N–H and O–H groups in total. The zero-order valence-corrected chi connectivity index (χ0v) is 14.8. The van der Waals surface area contributed by atoms with E-state index < -0.39 is 0 Å². The van der Waals surface area contributed by atoms with E-state index in [4.69, 9.17) is 9.84 Å². The molecule has 2 fully saturated rings. The molecule has 4 rings (SSSR count). The first-order valence-corrected chi connectivity index (χ1v) is 9.00. The molecule has 2 aliphatic heterocycles. The van der Waals surface area contributed by atoms with Gasteiger partial charge in [-0.3, -0.25) is 4.79 Å². The van der Waals surface area contributed by atoms with Crippen LogP contribution in [0.1, 0.15) is 19.7 Å². The Morgan fingerprint density at radius 3 is 2.80 bits per heavy atom. The Balaban J connectivity index is 1.53. The molecule has 8 heteroatoms. The van der Waals surface area contributed by atoms with Crippen molar-refractivity contribution in [2.45, 2.75) is 20.3 Å². The second-order valence-corrected chi connectivity index (χ2v) is 6.86. The Bertz CT molecular complexity index is 770. The number of aromatic nitrogens is 4. The predicted octanol–water partition coefficient (Wildman–Crippen LogP) is 0.618. The van der Waals surface area contributed by atoms with Gasteiger partial charge in [0, 0.05) is 32.6 Å². The highest BCUT2D eigenvalue weighted by Gasteiger charge is 2.38. The van der Waals surface area contributed by atoms with E-state index in [2.05, 4.69) is 22.0 Å². The molecule has 25 heavy (non-hydrogen) atoms. The molecule has 2 aromatic rings. The molecule has 8 nitrogen and oxygen atoms in total. The van der Waals surface area contributed by atoms with E-state index in [0.29, 0.717) is 38.8 Å². The van der Waals surface area contributed by atoms with Crippen LogP contribution in [0.4, 0.5) is 5.82 Å². The second-order valence-electron chi connectivity index (χ2n) is 6.86. The summed E-state index contributed by atoms with van der Waals surface area (Å²) in [5.74, 6) is 2.30. The zero-order valence-electron chi connectivity index (χ0n) is 14.8. The minimum Gasteiger partial charge on any atom is -0.378 e. The number of anilines is 1. The first-order chi connectivity index (χ1) is 12.2. The summed E-state index contributed by atoms with van der Waals surface area (Å²) in [6.07, 6.45) is 0.784. The molecule has 2 saturated heterocycles. The number of amides is 1. The quantitative estimate of drug-likeness (QED) is 0.812. The van der Waals surface area contributed by atoms with Gasteiger partial charge in [0.1, 0.15) is 5.82 Å². The van der Waals surface area contributed by atoms with Gasteiger partial charge in [0.05, 0.1) is 19.1 Å². The van der Waals surface area contributed by atoms with Crippen LogP contribution < -0.4 is 4.90 Å². The maximum absolute atomic E-state index is 12.9. The van der Waals surface area contributed by atoms with Crippen LogP contribution in [0.3, 0.4) is 0 Å². The fraction of sp³-hybridized carbons (Fsp3) is 0.647. The number of morpholine rings is 1. The Hall–Kier alpha value is -2.22. The van der Waals surface area contributed by atoms with Gasteiger partial charge in [0.25, 0.3) is 0 Å². The number of fused-ring (bicyclic) bond motifs is 1. The lowest BCUT2D eigenvalue weighted by molar-refractivity contribution is -0.140. The average molecular weight is 344 g/mol. The van der Waals surface area contributed by atoms with Crippen molar-refractivity contribution in [3.63, 3.8) is 0 Å². The zero-order chi connectivity index (χ0) is 17.4. The molecule has 134 valence electrons. The number of rotatable bonds is 3. The van der Waals surface area contributed by atoms with Crippen LogP contribution in [0.25, 0.3) is 5.65 Å². The minimum atomic E-state index is 0.0159. The fourth-order valence-electron chi connectivity index (χ4n) is 3.71. The van der Waals surface area contributed by atoms with Crippen molar-refractivity contribution in [3.8, 4) is 0 Å². The Labute approximate surface area is 146 Å². The summed E-state index contributed by atoms with van der Waals surface area (Å²) in [5, 5.41) is 13.0. The van der Waals surface area contributed by atoms with E-state index in [1.807, 2.05) is 24.0 Å². The third-order valence-corrected chi connectivity index (χ3v) is 5.21. The molecule has 0 bridgehead atoms. The van der Waals surface area contributed by atoms with Gasteiger partial charge in [-0.15, -0.1) is 15.3 Å². The lowest BCUT2D eigenvalue weighted by atomic mass is 9.96. The lowest BCUT2D eigenvalue weighted by Crippen LogP contribution is -2.45. The van der Waals surface area contributed by atoms with Crippen LogP contribution >= 0.6 is 0 Å². The molecule has 2 aliphatic rings. The molecule has 2 aromatic heterocycles. The van der Waals surface area contributed by atoms with Crippen molar-refractivity contribution in [3.05, 3.63) is 18.0 Å². The number of carbonyl (C=O) groups is 1. The molecule has 0 aliphatic carbocycles. The van der Waals surface area contributed by atoms with E-state index in [9.17, 15) is 4.79 Å². The Morgan fingerprint density at radius 2 is 2.04 bits per heavy atom. The van der Waals surface area contributed by atoms with Crippen LogP contribution in [-0.4, -0.2) is 70.0 Å². The number of aryl methyl sites for hydroxylation is 1. The van der Waals surface area contributed by atoms with Gasteiger partial charge < -0.3 is 14.5 Å². The van der Waals surface area contributed by atoms with Crippen molar-refractivity contribution in [1.82, 2.24) is 24.7 Å². The largest absolute Gasteiger partial charge is 0.378 e. The summed E-state index contributed by atoms with van der Waals surface area (Å²) in [4.78, 5) is 17.0. The third kappa shape index (κ3) is 2.95. The Morgan fingerprint density at radius 1 is 1.24 bits per heavy atom. The van der Waals surface area contributed by atoms with Crippen LogP contribution in [-0.2, 0) is 16.0 Å². The molecular formula is C17H24N6O2. The van der Waals surface area contributed by atoms with Crippen molar-refractivity contribution in [1.29, 1.82) is 0 Å². The summed E-state index contributed by atoms with van der Waals surface area (Å²) in [6, 6.07) is 3.91. The monoisotopic (exact) mass is 344 g/mol. The fourth-order valence-corrected chi connectivity index (χ4v) is 3.71. The van der Waals surface area contributed by atoms with Crippen LogP contribution in [0.2, 0.25) is 0 Å². The molecule has 2 atom stereocenters. The first-order valence-electron chi connectivity index (χ1n) is 9.00. The molecule has 1 amide bonds. The summed E-state index contributed by atoms with van der Waals surface area (Å²) in [6.45, 7) is 8.42. The van der Waals surface area contributed by atoms with Gasteiger partial charge in [0.2, 0.25) is 5.91 Å². The van der Waals surface area contributed by atoms with Gasteiger partial charge in [0.15, 0.2) is 11.5 Å². The van der Waals surface area contributed by atoms with Gasteiger partial charge >= 0.3 is 0 Å². The number of ether oxygens (including phenoxy) is 1. The van der Waals surface area contributed by atoms with Crippen LogP contribution in [0.15, 0.2) is 12.1 Å². The standard InChI is InChI=1S/C17H24N6O2/c1-3-14-18-19-15-4-5-16(20-23(14)15)22-10-12(2)13(11-22)17(24)21-6-8-25-9-7-21/h4-5,12-13H,3,6-11H2,1-2H3/t12-,13-/m1/s1. The van der Waals surface area contributed by atoms with Crippen LogP contribution in [0.5, 0.6) is 0 Å². The summed E-state index contributed by atoms with van der Waals surface area (Å²) < 4.78 is 7.16. The second kappa shape index (κ2) is 6.59. The SMILES string of the molecule is CCc1nnc2ccc(N3C[C@@H](C)[C@H](C(=O)N4CCOCC4)C3)nn12. The van der Waals surface area contributed by atoms with Gasteiger partial charge in [-0.25, -0.2) is 0 Å². The molecular weight excluding hydrogens is 320 g/mol. The molecule has 0 saturated carbocycles. The normalized spacial score (nSPS) is 24.2. The van der Waals surface area contributed by atoms with Gasteiger partial charge in [-0.2, -0.15) is 4.52 Å². The minimum absolute atomic E-state index is 0.0159. The molecule has 0 aromatic carbocycles.